The molecule has 0 aliphatic heterocycles. The highest BCUT2D eigenvalue weighted by Gasteiger charge is 2.21. The van der Waals surface area contributed by atoms with Gasteiger partial charge < -0.3 is 5.11 Å². The van der Waals surface area contributed by atoms with Gasteiger partial charge in [0.1, 0.15) is 6.54 Å². The van der Waals surface area contributed by atoms with Crippen LogP contribution in [-0.2, 0) is 14.8 Å². The predicted molar refractivity (Wildman–Crippen MR) is 53.5 cm³/mol. The molecule has 0 aliphatic carbocycles. The molecular weight excluding hydrogens is 206 g/mol. The molecule has 0 fully saturated rings. The fourth-order valence-electron chi connectivity index (χ4n) is 0.971. The van der Waals surface area contributed by atoms with E-state index in [1.807, 2.05) is 0 Å². The molecule has 1 N–H and O–H groups in total. The topological polar surface area (TPSA) is 74.7 Å². The number of carboxylic acid groups (broad SMARTS) is 1. The lowest BCUT2D eigenvalue weighted by Gasteiger charge is -2.18. The van der Waals surface area contributed by atoms with Gasteiger partial charge in [-0.05, 0) is 6.42 Å². The highest BCUT2D eigenvalue weighted by Crippen LogP contribution is 2.02. The van der Waals surface area contributed by atoms with Gasteiger partial charge in [-0.2, -0.15) is 4.31 Å². The van der Waals surface area contributed by atoms with E-state index in [0.29, 0.717) is 6.42 Å². The van der Waals surface area contributed by atoms with Crippen molar-refractivity contribution in [3.63, 3.8) is 0 Å². The molecule has 6 heteroatoms. The quantitative estimate of drug-likeness (QED) is 0.627. The van der Waals surface area contributed by atoms with Crippen molar-refractivity contribution in [3.8, 4) is 0 Å². The van der Waals surface area contributed by atoms with E-state index in [4.69, 9.17) is 5.11 Å². The minimum atomic E-state index is -3.50. The van der Waals surface area contributed by atoms with Crippen molar-refractivity contribution in [3.05, 3.63) is 12.7 Å². The maximum absolute atomic E-state index is 11.4. The Morgan fingerprint density at radius 1 is 1.57 bits per heavy atom. The zero-order chi connectivity index (χ0) is 11.2. The molecule has 0 aromatic rings. The number of rotatable bonds is 7. The van der Waals surface area contributed by atoms with Crippen molar-refractivity contribution in [2.75, 3.05) is 18.8 Å². The first-order valence-electron chi connectivity index (χ1n) is 4.24. The van der Waals surface area contributed by atoms with Crippen LogP contribution in [0.15, 0.2) is 12.7 Å². The summed E-state index contributed by atoms with van der Waals surface area (Å²) >= 11 is 0. The fraction of sp³-hybridized carbons (Fsp3) is 0.625. The zero-order valence-electron chi connectivity index (χ0n) is 8.14. The maximum Gasteiger partial charge on any atom is 0.318 e. The Morgan fingerprint density at radius 2 is 2.14 bits per heavy atom. The Hall–Kier alpha value is -0.880. The minimum absolute atomic E-state index is 0.222. The first kappa shape index (κ1) is 13.1. The van der Waals surface area contributed by atoms with E-state index in [1.165, 1.54) is 6.08 Å². The Labute approximate surface area is 84.1 Å². The molecule has 5 nitrogen and oxygen atoms in total. The van der Waals surface area contributed by atoms with Gasteiger partial charge in [-0.25, -0.2) is 8.42 Å². The second-order valence-electron chi connectivity index (χ2n) is 2.79. The van der Waals surface area contributed by atoms with Crippen LogP contribution in [0.2, 0.25) is 0 Å². The molecule has 0 rings (SSSR count). The van der Waals surface area contributed by atoms with Crippen LogP contribution in [0, 0.1) is 0 Å². The summed E-state index contributed by atoms with van der Waals surface area (Å²) in [6.45, 7) is 4.85. The number of sulfonamides is 1. The maximum atomic E-state index is 11.4. The molecule has 0 spiro atoms. The molecule has 0 atom stereocenters. The van der Waals surface area contributed by atoms with Crippen LogP contribution in [-0.4, -0.2) is 42.6 Å². The summed E-state index contributed by atoms with van der Waals surface area (Å²) in [5.41, 5.74) is 0. The van der Waals surface area contributed by atoms with Crippen LogP contribution < -0.4 is 0 Å². The van der Waals surface area contributed by atoms with Crippen LogP contribution >= 0.6 is 0 Å². The van der Waals surface area contributed by atoms with E-state index >= 15 is 0 Å². The molecule has 0 aromatic heterocycles. The van der Waals surface area contributed by atoms with E-state index < -0.39 is 22.5 Å². The average molecular weight is 221 g/mol. The molecule has 0 aromatic carbocycles. The summed E-state index contributed by atoms with van der Waals surface area (Å²) in [5, 5.41) is 8.51. The molecule has 0 radical (unpaired) electrons. The second kappa shape index (κ2) is 5.77. The molecule has 0 saturated carbocycles. The third kappa shape index (κ3) is 4.38. The van der Waals surface area contributed by atoms with E-state index in [1.54, 1.807) is 6.92 Å². The zero-order valence-corrected chi connectivity index (χ0v) is 8.96. The molecule has 0 amide bonds. The van der Waals surface area contributed by atoms with Gasteiger partial charge in [-0.1, -0.05) is 13.0 Å². The number of carbonyl (C=O) groups is 1. The summed E-state index contributed by atoms with van der Waals surface area (Å²) in [4.78, 5) is 10.4. The smallest absolute Gasteiger partial charge is 0.318 e. The largest absolute Gasteiger partial charge is 0.480 e. The van der Waals surface area contributed by atoms with Gasteiger partial charge in [-0.3, -0.25) is 4.79 Å². The SMILES string of the molecule is C=CCS(=O)(=O)N(CCC)CC(=O)O. The number of hydrogen-bond donors (Lipinski definition) is 1. The lowest BCUT2D eigenvalue weighted by Crippen LogP contribution is -2.37. The van der Waals surface area contributed by atoms with Crippen molar-refractivity contribution in [1.82, 2.24) is 4.31 Å². The van der Waals surface area contributed by atoms with Crippen LogP contribution in [0.1, 0.15) is 13.3 Å². The summed E-state index contributed by atoms with van der Waals surface area (Å²) in [6.07, 6.45) is 1.84. The number of nitrogens with zero attached hydrogens (tertiary/aromatic N) is 1. The van der Waals surface area contributed by atoms with E-state index in [9.17, 15) is 13.2 Å². The fourth-order valence-corrected chi connectivity index (χ4v) is 2.25. The summed E-state index contributed by atoms with van der Waals surface area (Å²) in [7, 11) is -3.50. The highest BCUT2D eigenvalue weighted by atomic mass is 32.2. The van der Waals surface area contributed by atoms with E-state index in [0.717, 1.165) is 4.31 Å². The summed E-state index contributed by atoms with van der Waals surface area (Å²) in [6, 6.07) is 0. The first-order valence-corrected chi connectivity index (χ1v) is 5.85. The molecular formula is C8H15NO4S. The number of hydrogen-bond acceptors (Lipinski definition) is 3. The number of aliphatic carboxylic acids is 1. The van der Waals surface area contributed by atoms with Crippen LogP contribution in [0.4, 0.5) is 0 Å². The van der Waals surface area contributed by atoms with E-state index in [-0.39, 0.29) is 12.3 Å². The predicted octanol–water partition coefficient (Wildman–Crippen LogP) is 0.299. The van der Waals surface area contributed by atoms with Gasteiger partial charge in [0.25, 0.3) is 0 Å². The molecule has 0 unspecified atom stereocenters. The first-order chi connectivity index (χ1) is 6.44. The van der Waals surface area contributed by atoms with Gasteiger partial charge in [0, 0.05) is 6.54 Å². The Bertz CT molecular complexity index is 296. The molecule has 0 bridgehead atoms. The lowest BCUT2D eigenvalue weighted by atomic mass is 10.5. The highest BCUT2D eigenvalue weighted by molar-refractivity contribution is 7.89. The Balaban J connectivity index is 4.62. The van der Waals surface area contributed by atoms with Crippen molar-refractivity contribution in [2.45, 2.75) is 13.3 Å². The van der Waals surface area contributed by atoms with Crippen LogP contribution in [0.5, 0.6) is 0 Å². The molecule has 82 valence electrons. The molecule has 0 saturated heterocycles. The third-order valence-corrected chi connectivity index (χ3v) is 3.26. The second-order valence-corrected chi connectivity index (χ2v) is 4.81. The van der Waals surface area contributed by atoms with Gasteiger partial charge in [0.05, 0.1) is 5.75 Å². The Kier molecular flexibility index (Phi) is 5.40. The van der Waals surface area contributed by atoms with Crippen molar-refractivity contribution in [1.29, 1.82) is 0 Å². The summed E-state index contributed by atoms with van der Waals surface area (Å²) < 4.78 is 23.9. The standard InChI is InChI=1S/C8H15NO4S/c1-3-5-9(7-8(10)11)14(12,13)6-4-2/h4H,2-3,5-7H2,1H3,(H,10,11). The van der Waals surface area contributed by atoms with Gasteiger partial charge >= 0.3 is 5.97 Å². The summed E-state index contributed by atoms with van der Waals surface area (Å²) in [5.74, 6) is -1.37. The minimum Gasteiger partial charge on any atom is -0.480 e. The van der Waals surface area contributed by atoms with Crippen molar-refractivity contribution in [2.24, 2.45) is 0 Å². The number of carboxylic acids is 1. The molecule has 14 heavy (non-hydrogen) atoms. The van der Waals surface area contributed by atoms with Crippen molar-refractivity contribution < 1.29 is 18.3 Å². The lowest BCUT2D eigenvalue weighted by molar-refractivity contribution is -0.137. The van der Waals surface area contributed by atoms with Gasteiger partial charge in [-0.15, -0.1) is 6.58 Å². The van der Waals surface area contributed by atoms with Crippen LogP contribution in [0.25, 0.3) is 0 Å². The van der Waals surface area contributed by atoms with Crippen LogP contribution in [0.3, 0.4) is 0 Å². The molecule has 0 aliphatic rings. The Morgan fingerprint density at radius 3 is 2.50 bits per heavy atom. The monoisotopic (exact) mass is 221 g/mol. The van der Waals surface area contributed by atoms with Crippen molar-refractivity contribution >= 4 is 16.0 Å². The van der Waals surface area contributed by atoms with Gasteiger partial charge in [0.2, 0.25) is 10.0 Å². The third-order valence-electron chi connectivity index (χ3n) is 1.51. The average Bonchev–Trinajstić information content (AvgIpc) is 2.02. The van der Waals surface area contributed by atoms with E-state index in [2.05, 4.69) is 6.58 Å². The molecule has 0 heterocycles. The van der Waals surface area contributed by atoms with Gasteiger partial charge in [0.15, 0.2) is 0 Å². The normalized spacial score (nSPS) is 11.6.